The van der Waals surface area contributed by atoms with E-state index in [2.05, 4.69) is 33.1 Å². The van der Waals surface area contributed by atoms with Crippen LogP contribution in [-0.2, 0) is 0 Å². The third kappa shape index (κ3) is 2.45. The second-order valence-corrected chi connectivity index (χ2v) is 6.30. The first-order valence-corrected chi connectivity index (χ1v) is 8.34. The summed E-state index contributed by atoms with van der Waals surface area (Å²) in [6.45, 7) is 2.35. The van der Waals surface area contributed by atoms with Crippen LogP contribution in [0.1, 0.15) is 50.6 Å². The quantitative estimate of drug-likeness (QED) is 0.878. The van der Waals surface area contributed by atoms with E-state index in [0.29, 0.717) is 0 Å². The maximum absolute atomic E-state index is 4.57. The molecule has 0 saturated carbocycles. The maximum Gasteiger partial charge on any atom is 0.0906 e. The zero-order valence-electron chi connectivity index (χ0n) is 12.6. The van der Waals surface area contributed by atoms with Gasteiger partial charge in [-0.05, 0) is 62.7 Å². The highest BCUT2D eigenvalue weighted by molar-refractivity contribution is 5.91. The number of aromatic nitrogens is 2. The van der Waals surface area contributed by atoms with E-state index in [1.807, 2.05) is 6.20 Å². The van der Waals surface area contributed by atoms with Crippen LogP contribution in [0.4, 0.5) is 5.69 Å². The van der Waals surface area contributed by atoms with E-state index in [1.165, 1.54) is 80.5 Å². The Hall–Kier alpha value is -1.77. The number of hydrogen-bond acceptors (Lipinski definition) is 2. The van der Waals surface area contributed by atoms with Crippen LogP contribution in [0.25, 0.3) is 16.6 Å². The van der Waals surface area contributed by atoms with Crippen molar-refractivity contribution in [1.29, 1.82) is 0 Å². The molecule has 0 aromatic carbocycles. The Balaban J connectivity index is 1.74. The monoisotopic (exact) mass is 281 g/mol. The van der Waals surface area contributed by atoms with Gasteiger partial charge in [-0.2, -0.15) is 0 Å². The number of allylic oxidation sites excluding steroid dienone is 2. The second-order valence-electron chi connectivity index (χ2n) is 6.30. The zero-order chi connectivity index (χ0) is 14.1. The summed E-state index contributed by atoms with van der Waals surface area (Å²) < 4.78 is 0. The molecule has 3 nitrogen and oxygen atoms in total. The largest absolute Gasteiger partial charge is 0.370 e. The van der Waals surface area contributed by atoms with E-state index in [-0.39, 0.29) is 0 Å². The standard InChI is InChI=1S/C18H23N3/c1-3-7-14(8-4-1)15-13-16-18(20-15)17(9-10-19-16)21-11-5-2-6-12-21/h7,9-10,13,20H,1-6,8,11-12H2. The van der Waals surface area contributed by atoms with Crippen molar-refractivity contribution in [1.82, 2.24) is 9.97 Å². The van der Waals surface area contributed by atoms with Crippen LogP contribution < -0.4 is 4.90 Å². The Morgan fingerprint density at radius 3 is 2.76 bits per heavy atom. The fourth-order valence-electron chi connectivity index (χ4n) is 3.67. The average molecular weight is 281 g/mol. The molecule has 0 atom stereocenters. The molecule has 2 aromatic rings. The van der Waals surface area contributed by atoms with Crippen LogP contribution in [0.3, 0.4) is 0 Å². The summed E-state index contributed by atoms with van der Waals surface area (Å²) in [5, 5.41) is 0. The highest BCUT2D eigenvalue weighted by Gasteiger charge is 2.16. The molecular weight excluding hydrogens is 258 g/mol. The van der Waals surface area contributed by atoms with E-state index in [9.17, 15) is 0 Å². The Kier molecular flexibility index (Phi) is 3.42. The van der Waals surface area contributed by atoms with Gasteiger partial charge < -0.3 is 9.88 Å². The predicted octanol–water partition coefficient (Wildman–Crippen LogP) is 4.51. The molecule has 3 heterocycles. The van der Waals surface area contributed by atoms with Gasteiger partial charge >= 0.3 is 0 Å². The number of rotatable bonds is 2. The lowest BCUT2D eigenvalue weighted by molar-refractivity contribution is 0.578. The van der Waals surface area contributed by atoms with Crippen molar-refractivity contribution in [3.63, 3.8) is 0 Å². The summed E-state index contributed by atoms with van der Waals surface area (Å²) in [6, 6.07) is 4.41. The van der Waals surface area contributed by atoms with Gasteiger partial charge in [0, 0.05) is 25.0 Å². The van der Waals surface area contributed by atoms with Gasteiger partial charge in [0.05, 0.1) is 16.7 Å². The molecule has 0 unspecified atom stereocenters. The van der Waals surface area contributed by atoms with Gasteiger partial charge in [0.25, 0.3) is 0 Å². The molecule has 110 valence electrons. The molecule has 3 heteroatoms. The minimum absolute atomic E-state index is 1.11. The van der Waals surface area contributed by atoms with Crippen molar-refractivity contribution >= 4 is 22.3 Å². The lowest BCUT2D eigenvalue weighted by atomic mass is 9.97. The summed E-state index contributed by atoms with van der Waals surface area (Å²) in [4.78, 5) is 10.7. The van der Waals surface area contributed by atoms with E-state index < -0.39 is 0 Å². The first-order chi connectivity index (χ1) is 10.4. The molecule has 0 amide bonds. The van der Waals surface area contributed by atoms with Gasteiger partial charge in [-0.15, -0.1) is 0 Å². The van der Waals surface area contributed by atoms with Gasteiger partial charge in [-0.3, -0.25) is 4.98 Å². The molecule has 1 aliphatic heterocycles. The topological polar surface area (TPSA) is 31.9 Å². The fourth-order valence-corrected chi connectivity index (χ4v) is 3.67. The van der Waals surface area contributed by atoms with Crippen LogP contribution in [0, 0.1) is 0 Å². The third-order valence-corrected chi connectivity index (χ3v) is 4.83. The first kappa shape index (κ1) is 12.9. The van der Waals surface area contributed by atoms with Crippen LogP contribution >= 0.6 is 0 Å². The normalized spacial score (nSPS) is 19.8. The Morgan fingerprint density at radius 2 is 1.95 bits per heavy atom. The van der Waals surface area contributed by atoms with E-state index in [0.717, 1.165) is 5.52 Å². The summed E-state index contributed by atoms with van der Waals surface area (Å²) in [5.74, 6) is 0. The van der Waals surface area contributed by atoms with E-state index in [1.54, 1.807) is 0 Å². The fraction of sp³-hybridized carbons (Fsp3) is 0.500. The molecule has 1 fully saturated rings. The molecular formula is C18H23N3. The van der Waals surface area contributed by atoms with Crippen LogP contribution in [-0.4, -0.2) is 23.1 Å². The van der Waals surface area contributed by atoms with Crippen LogP contribution in [0.2, 0.25) is 0 Å². The van der Waals surface area contributed by atoms with Crippen molar-refractivity contribution in [2.24, 2.45) is 0 Å². The first-order valence-electron chi connectivity index (χ1n) is 8.34. The summed E-state index contributed by atoms with van der Waals surface area (Å²) >= 11 is 0. The number of hydrogen-bond donors (Lipinski definition) is 1. The van der Waals surface area contributed by atoms with Gasteiger partial charge in [0.2, 0.25) is 0 Å². The van der Waals surface area contributed by atoms with E-state index >= 15 is 0 Å². The zero-order valence-corrected chi connectivity index (χ0v) is 12.6. The number of H-pyrrole nitrogens is 1. The van der Waals surface area contributed by atoms with Crippen LogP contribution in [0.15, 0.2) is 24.4 Å². The molecule has 2 aliphatic rings. The number of nitrogens with zero attached hydrogens (tertiary/aromatic N) is 2. The SMILES string of the molecule is C1=C(c2cc3nccc(N4CCCCC4)c3[nH]2)CCCC1. The van der Waals surface area contributed by atoms with Gasteiger partial charge in [0.15, 0.2) is 0 Å². The van der Waals surface area contributed by atoms with Gasteiger partial charge in [0.1, 0.15) is 0 Å². The highest BCUT2D eigenvalue weighted by atomic mass is 15.1. The molecule has 21 heavy (non-hydrogen) atoms. The van der Waals surface area contributed by atoms with Crippen molar-refractivity contribution in [3.05, 3.63) is 30.1 Å². The lowest BCUT2D eigenvalue weighted by Gasteiger charge is -2.29. The lowest BCUT2D eigenvalue weighted by Crippen LogP contribution is -2.29. The van der Waals surface area contributed by atoms with Gasteiger partial charge in [-0.25, -0.2) is 0 Å². The van der Waals surface area contributed by atoms with E-state index in [4.69, 9.17) is 0 Å². The second kappa shape index (κ2) is 5.55. The number of piperidine rings is 1. The number of pyridine rings is 1. The molecule has 4 rings (SSSR count). The Bertz CT molecular complexity index is 662. The predicted molar refractivity (Wildman–Crippen MR) is 88.6 cm³/mol. The molecule has 2 aromatic heterocycles. The minimum atomic E-state index is 1.11. The molecule has 1 N–H and O–H groups in total. The maximum atomic E-state index is 4.57. The van der Waals surface area contributed by atoms with Crippen LogP contribution in [0.5, 0.6) is 0 Å². The molecule has 1 aliphatic carbocycles. The van der Waals surface area contributed by atoms with Crippen molar-refractivity contribution in [2.75, 3.05) is 18.0 Å². The number of fused-ring (bicyclic) bond motifs is 1. The number of anilines is 1. The Morgan fingerprint density at radius 1 is 1.05 bits per heavy atom. The summed E-state index contributed by atoms with van der Waals surface area (Å²) in [7, 11) is 0. The third-order valence-electron chi connectivity index (χ3n) is 4.83. The van der Waals surface area contributed by atoms with Crippen molar-refractivity contribution < 1.29 is 0 Å². The smallest absolute Gasteiger partial charge is 0.0906 e. The Labute approximate surface area is 126 Å². The molecule has 1 saturated heterocycles. The minimum Gasteiger partial charge on any atom is -0.370 e. The number of nitrogens with one attached hydrogen (secondary N) is 1. The molecule has 0 radical (unpaired) electrons. The number of aromatic amines is 1. The van der Waals surface area contributed by atoms with Crippen molar-refractivity contribution in [3.8, 4) is 0 Å². The van der Waals surface area contributed by atoms with Gasteiger partial charge in [-0.1, -0.05) is 6.08 Å². The highest BCUT2D eigenvalue weighted by Crippen LogP contribution is 2.32. The summed E-state index contributed by atoms with van der Waals surface area (Å²) in [5.41, 5.74) is 6.42. The van der Waals surface area contributed by atoms with Crippen molar-refractivity contribution in [2.45, 2.75) is 44.9 Å². The molecule has 0 spiro atoms. The molecule has 0 bridgehead atoms. The summed E-state index contributed by atoms with van der Waals surface area (Å²) in [6.07, 6.45) is 13.4. The average Bonchev–Trinajstić information content (AvgIpc) is 3.00.